The number of benzene rings is 1. The number of rotatable bonds is 1. The fourth-order valence-corrected chi connectivity index (χ4v) is 3.15. The van der Waals surface area contributed by atoms with Gasteiger partial charge in [0.2, 0.25) is 5.91 Å². The Morgan fingerprint density at radius 2 is 2.00 bits per heavy atom. The molecule has 5 heteroatoms. The maximum Gasteiger partial charge on any atom is 0.245 e. The van der Waals surface area contributed by atoms with E-state index in [1.807, 2.05) is 31.2 Å². The summed E-state index contributed by atoms with van der Waals surface area (Å²) in [6, 6.07) is 7.79. The van der Waals surface area contributed by atoms with Gasteiger partial charge in [0, 0.05) is 3.57 Å². The van der Waals surface area contributed by atoms with Gasteiger partial charge in [-0.1, -0.05) is 24.0 Å². The van der Waals surface area contributed by atoms with Crippen LogP contribution < -0.4 is 4.90 Å². The second kappa shape index (κ2) is 4.39. The lowest BCUT2D eigenvalue weighted by molar-refractivity contribution is -0.116. The van der Waals surface area contributed by atoms with Crippen molar-refractivity contribution >= 4 is 62.5 Å². The first-order valence-electron chi connectivity index (χ1n) is 4.40. The highest BCUT2D eigenvalue weighted by Gasteiger charge is 2.34. The molecule has 0 spiro atoms. The van der Waals surface area contributed by atoms with Crippen LogP contribution in [-0.2, 0) is 4.79 Å². The van der Waals surface area contributed by atoms with Crippen molar-refractivity contribution in [2.75, 3.05) is 4.90 Å². The third kappa shape index (κ3) is 2.19. The Balaban J connectivity index is 2.35. The number of amides is 1. The fourth-order valence-electron chi connectivity index (χ4n) is 1.35. The van der Waals surface area contributed by atoms with Crippen LogP contribution in [0.2, 0.25) is 0 Å². The number of halogens is 1. The van der Waals surface area contributed by atoms with Crippen LogP contribution in [0.25, 0.3) is 0 Å². The molecular weight excluding hydrogens is 341 g/mol. The molecule has 1 saturated heterocycles. The zero-order chi connectivity index (χ0) is 11.0. The average molecular weight is 349 g/mol. The predicted molar refractivity (Wildman–Crippen MR) is 76.3 cm³/mol. The Labute approximate surface area is 112 Å². The monoisotopic (exact) mass is 349 g/mol. The molecule has 1 aromatic rings. The molecule has 2 rings (SSSR count). The number of thiocarbonyl (C=S) groups is 1. The smallest absolute Gasteiger partial charge is 0.245 e. The minimum Gasteiger partial charge on any atom is -0.273 e. The zero-order valence-corrected chi connectivity index (χ0v) is 11.7. The number of anilines is 1. The summed E-state index contributed by atoms with van der Waals surface area (Å²) in [5.41, 5.74) is 0.863. The number of carbonyl (C=O) groups excluding carboxylic acids is 1. The third-order valence-electron chi connectivity index (χ3n) is 2.11. The van der Waals surface area contributed by atoms with Crippen LogP contribution in [0, 0.1) is 3.57 Å². The number of thioether (sulfide) groups is 1. The molecule has 1 aliphatic rings. The molecule has 1 aliphatic heterocycles. The molecule has 0 N–H and O–H groups in total. The van der Waals surface area contributed by atoms with Gasteiger partial charge in [0.1, 0.15) is 4.32 Å². The summed E-state index contributed by atoms with van der Waals surface area (Å²) >= 11 is 8.85. The highest BCUT2D eigenvalue weighted by atomic mass is 127. The molecule has 1 heterocycles. The van der Waals surface area contributed by atoms with Crippen molar-refractivity contribution in [2.24, 2.45) is 0 Å². The van der Waals surface area contributed by atoms with E-state index in [1.54, 1.807) is 4.90 Å². The van der Waals surface area contributed by atoms with E-state index < -0.39 is 0 Å². The van der Waals surface area contributed by atoms with Gasteiger partial charge in [-0.15, -0.1) is 0 Å². The lowest BCUT2D eigenvalue weighted by Gasteiger charge is -2.14. The normalized spacial score (nSPS) is 21.2. The minimum atomic E-state index is -0.0585. The molecule has 0 aromatic heterocycles. The van der Waals surface area contributed by atoms with E-state index in [0.717, 1.165) is 9.26 Å². The number of nitrogens with zero attached hydrogens (tertiary/aromatic N) is 1. The Morgan fingerprint density at radius 3 is 2.47 bits per heavy atom. The average Bonchev–Trinajstić information content (AvgIpc) is 2.44. The zero-order valence-electron chi connectivity index (χ0n) is 7.94. The van der Waals surface area contributed by atoms with Crippen LogP contribution in [0.15, 0.2) is 24.3 Å². The molecule has 1 unspecified atom stereocenters. The molecule has 1 fully saturated rings. The molecule has 0 bridgehead atoms. The molecule has 78 valence electrons. The van der Waals surface area contributed by atoms with E-state index in [1.165, 1.54) is 11.8 Å². The van der Waals surface area contributed by atoms with Crippen LogP contribution >= 0.6 is 46.6 Å². The van der Waals surface area contributed by atoms with Crippen LogP contribution in [0.4, 0.5) is 5.69 Å². The lowest BCUT2D eigenvalue weighted by atomic mass is 10.3. The molecule has 2 nitrogen and oxygen atoms in total. The maximum absolute atomic E-state index is 11.8. The van der Waals surface area contributed by atoms with E-state index in [2.05, 4.69) is 22.6 Å². The Bertz CT molecular complexity index is 418. The van der Waals surface area contributed by atoms with Crippen LogP contribution in [0.5, 0.6) is 0 Å². The molecule has 1 amide bonds. The summed E-state index contributed by atoms with van der Waals surface area (Å²) in [7, 11) is 0. The quantitative estimate of drug-likeness (QED) is 0.574. The Morgan fingerprint density at radius 1 is 1.40 bits per heavy atom. The minimum absolute atomic E-state index is 0.0585. The SMILES string of the molecule is CC1SC(=S)N(c2ccc(I)cc2)C1=O. The highest BCUT2D eigenvalue weighted by molar-refractivity contribution is 14.1. The van der Waals surface area contributed by atoms with E-state index >= 15 is 0 Å². The van der Waals surface area contributed by atoms with E-state index in [0.29, 0.717) is 4.32 Å². The summed E-state index contributed by atoms with van der Waals surface area (Å²) in [5.74, 6) is 0.0752. The standard InChI is InChI=1S/C10H8INOS2/c1-6-9(13)12(10(14)15-6)8-4-2-7(11)3-5-8/h2-6H,1H3. The predicted octanol–water partition coefficient (Wildman–Crippen LogP) is 3.04. The van der Waals surface area contributed by atoms with Gasteiger partial charge in [-0.2, -0.15) is 0 Å². The topological polar surface area (TPSA) is 20.3 Å². The highest BCUT2D eigenvalue weighted by Crippen LogP contribution is 2.31. The van der Waals surface area contributed by atoms with Gasteiger partial charge in [-0.25, -0.2) is 0 Å². The van der Waals surface area contributed by atoms with Gasteiger partial charge in [-0.05, 0) is 53.8 Å². The summed E-state index contributed by atoms with van der Waals surface area (Å²) in [6.07, 6.45) is 0. The van der Waals surface area contributed by atoms with Gasteiger partial charge < -0.3 is 0 Å². The molecular formula is C10H8INOS2. The second-order valence-electron chi connectivity index (χ2n) is 3.18. The van der Waals surface area contributed by atoms with E-state index in [9.17, 15) is 4.79 Å². The number of carbonyl (C=O) groups is 1. The molecule has 1 atom stereocenters. The summed E-state index contributed by atoms with van der Waals surface area (Å²) in [5, 5.41) is -0.0585. The van der Waals surface area contributed by atoms with Gasteiger partial charge in [0.05, 0.1) is 10.9 Å². The van der Waals surface area contributed by atoms with Crippen molar-refractivity contribution in [3.8, 4) is 0 Å². The Hall–Kier alpha value is -0.140. The fraction of sp³-hybridized carbons (Fsp3) is 0.200. The molecule has 0 saturated carbocycles. The molecule has 1 aromatic carbocycles. The van der Waals surface area contributed by atoms with Crippen molar-refractivity contribution in [2.45, 2.75) is 12.2 Å². The van der Waals surface area contributed by atoms with Crippen molar-refractivity contribution in [1.29, 1.82) is 0 Å². The molecule has 0 aliphatic carbocycles. The second-order valence-corrected chi connectivity index (χ2v) is 6.40. The summed E-state index contributed by atoms with van der Waals surface area (Å²) in [6.45, 7) is 1.88. The first kappa shape index (κ1) is 11.3. The van der Waals surface area contributed by atoms with Crippen LogP contribution in [-0.4, -0.2) is 15.5 Å². The van der Waals surface area contributed by atoms with Crippen molar-refractivity contribution in [3.05, 3.63) is 27.8 Å². The Kier molecular flexibility index (Phi) is 3.32. The van der Waals surface area contributed by atoms with Crippen molar-refractivity contribution in [1.82, 2.24) is 0 Å². The number of hydrogen-bond acceptors (Lipinski definition) is 3. The van der Waals surface area contributed by atoms with Gasteiger partial charge in [0.15, 0.2) is 0 Å². The first-order valence-corrected chi connectivity index (χ1v) is 6.76. The van der Waals surface area contributed by atoms with Crippen molar-refractivity contribution in [3.63, 3.8) is 0 Å². The first-order chi connectivity index (χ1) is 7.09. The van der Waals surface area contributed by atoms with E-state index in [4.69, 9.17) is 12.2 Å². The third-order valence-corrected chi connectivity index (χ3v) is 4.24. The summed E-state index contributed by atoms with van der Waals surface area (Å²) in [4.78, 5) is 13.4. The molecule has 0 radical (unpaired) electrons. The maximum atomic E-state index is 11.8. The van der Waals surface area contributed by atoms with Gasteiger partial charge >= 0.3 is 0 Å². The van der Waals surface area contributed by atoms with Crippen LogP contribution in [0.1, 0.15) is 6.92 Å². The van der Waals surface area contributed by atoms with Gasteiger partial charge in [0.25, 0.3) is 0 Å². The van der Waals surface area contributed by atoms with Crippen LogP contribution in [0.3, 0.4) is 0 Å². The van der Waals surface area contributed by atoms with Crippen molar-refractivity contribution < 1.29 is 4.79 Å². The lowest BCUT2D eigenvalue weighted by Crippen LogP contribution is -2.30. The summed E-state index contributed by atoms with van der Waals surface area (Å²) < 4.78 is 1.79. The number of hydrogen-bond donors (Lipinski definition) is 0. The molecule has 15 heavy (non-hydrogen) atoms. The van der Waals surface area contributed by atoms with E-state index in [-0.39, 0.29) is 11.2 Å². The van der Waals surface area contributed by atoms with Gasteiger partial charge in [-0.3, -0.25) is 9.69 Å². The largest absolute Gasteiger partial charge is 0.273 e.